The summed E-state index contributed by atoms with van der Waals surface area (Å²) in [5, 5.41) is 46.3. The number of aromatic nitrogens is 1. The minimum atomic E-state index is -0.441. The molecule has 0 aliphatic carbocycles. The number of phenolic OH excluding ortho intramolecular Hbond substituents is 1. The monoisotopic (exact) mass is 599 g/mol. The van der Waals surface area contributed by atoms with Gasteiger partial charge in [-0.1, -0.05) is 33.3 Å². The van der Waals surface area contributed by atoms with E-state index in [1.54, 1.807) is 13.0 Å². The van der Waals surface area contributed by atoms with Crippen molar-refractivity contribution in [2.75, 3.05) is 26.3 Å². The number of rotatable bonds is 21. The Balaban J connectivity index is 1.65. The smallest absolute Gasteiger partial charge is 0.161 e. The molecule has 7 N–H and O–H groups in total. The van der Waals surface area contributed by atoms with Crippen molar-refractivity contribution in [3.8, 4) is 11.5 Å². The van der Waals surface area contributed by atoms with Gasteiger partial charge in [-0.3, -0.25) is 0 Å². The number of hydrogen-bond acceptors (Lipinski definition) is 8. The Morgan fingerprint density at radius 1 is 1.00 bits per heavy atom. The van der Waals surface area contributed by atoms with Crippen molar-refractivity contribution in [1.29, 1.82) is 0 Å². The normalized spacial score (nSPS) is 14.5. The molecule has 3 rings (SSSR count). The zero-order chi connectivity index (χ0) is 31.2. The lowest BCUT2D eigenvalue weighted by atomic mass is 9.91. The van der Waals surface area contributed by atoms with E-state index in [9.17, 15) is 20.4 Å². The molecule has 3 aromatic rings. The number of ether oxygens (including phenoxy) is 1. The summed E-state index contributed by atoms with van der Waals surface area (Å²) in [5.41, 5.74) is 4.03. The van der Waals surface area contributed by atoms with Crippen molar-refractivity contribution in [3.63, 3.8) is 0 Å². The van der Waals surface area contributed by atoms with Gasteiger partial charge >= 0.3 is 0 Å². The molecule has 0 radical (unpaired) electrons. The van der Waals surface area contributed by atoms with Crippen LogP contribution in [0.1, 0.15) is 99.2 Å². The highest BCUT2D eigenvalue weighted by Crippen LogP contribution is 2.30. The second kappa shape index (κ2) is 18.1. The van der Waals surface area contributed by atoms with Gasteiger partial charge in [0.1, 0.15) is 18.1 Å². The molecule has 0 bridgehead atoms. The zero-order valence-corrected chi connectivity index (χ0v) is 26.4. The fourth-order valence-corrected chi connectivity index (χ4v) is 5.40. The van der Waals surface area contributed by atoms with Gasteiger partial charge in [0.05, 0.1) is 18.8 Å². The average Bonchev–Trinajstić information content (AvgIpc) is 3.65. The Labute approximate surface area is 256 Å². The van der Waals surface area contributed by atoms with Crippen LogP contribution < -0.4 is 15.4 Å². The number of H-pyrrole nitrogens is 1. The van der Waals surface area contributed by atoms with Gasteiger partial charge in [0.2, 0.25) is 0 Å². The van der Waals surface area contributed by atoms with Crippen LogP contribution in [0, 0.1) is 0 Å². The molecule has 0 saturated carbocycles. The van der Waals surface area contributed by atoms with Crippen LogP contribution in [0.4, 0.5) is 0 Å². The van der Waals surface area contributed by atoms with Gasteiger partial charge in [-0.2, -0.15) is 0 Å². The standard InChI is InChI=1S/C34H53N3O6/c1-5-7-10-33-27(21-39)17-28(43-33)13-11-25-12-14-32(41)34(16-25)42-22-31(35-6-2)30-18-26(20-37-30)24(4)29(9-8-15-38)36-19-23(3)40/h12,14,16-18,20,23-24,29,31,35-41H,5-11,13,15,19,21-22H2,1-4H3. The van der Waals surface area contributed by atoms with Crippen LogP contribution in [0.3, 0.4) is 0 Å². The maximum Gasteiger partial charge on any atom is 0.161 e. The highest BCUT2D eigenvalue weighted by molar-refractivity contribution is 5.42. The molecule has 0 aliphatic rings. The number of aromatic hydroxyl groups is 1. The first-order valence-corrected chi connectivity index (χ1v) is 15.9. The Hall–Kier alpha value is -2.82. The SMILES string of the molecule is CCCCc1oc(CCc2ccc(O)c(OCC(NCC)c3cc(C(C)C(CCCO)NCC(C)O)c[nH]3)c2)cc1CO. The first-order valence-electron chi connectivity index (χ1n) is 15.9. The van der Waals surface area contributed by atoms with Gasteiger partial charge in [-0.25, -0.2) is 0 Å². The van der Waals surface area contributed by atoms with E-state index < -0.39 is 6.10 Å². The van der Waals surface area contributed by atoms with E-state index in [-0.39, 0.29) is 37.0 Å². The molecular formula is C34H53N3O6. The maximum atomic E-state index is 10.5. The number of aromatic amines is 1. The molecule has 4 atom stereocenters. The lowest BCUT2D eigenvalue weighted by molar-refractivity contribution is 0.180. The topological polar surface area (TPSA) is 143 Å². The molecule has 240 valence electrons. The number of aryl methyl sites for hydroxylation is 3. The lowest BCUT2D eigenvalue weighted by Crippen LogP contribution is -2.38. The van der Waals surface area contributed by atoms with Gasteiger partial charge in [-0.15, -0.1) is 0 Å². The molecule has 1 aromatic carbocycles. The fourth-order valence-electron chi connectivity index (χ4n) is 5.40. The molecule has 9 nitrogen and oxygen atoms in total. The molecule has 9 heteroatoms. The second-order valence-corrected chi connectivity index (χ2v) is 11.6. The maximum absolute atomic E-state index is 10.5. The molecular weight excluding hydrogens is 546 g/mol. The van der Waals surface area contributed by atoms with E-state index in [4.69, 9.17) is 9.15 Å². The first kappa shape index (κ1) is 34.7. The molecule has 0 amide bonds. The molecule has 0 saturated heterocycles. The minimum absolute atomic E-state index is 0.0158. The Kier molecular flexibility index (Phi) is 14.6. The van der Waals surface area contributed by atoms with Crippen LogP contribution in [0.2, 0.25) is 0 Å². The number of aliphatic hydroxyl groups excluding tert-OH is 3. The van der Waals surface area contributed by atoms with E-state index >= 15 is 0 Å². The third-order valence-electron chi connectivity index (χ3n) is 8.00. The van der Waals surface area contributed by atoms with E-state index in [0.29, 0.717) is 31.7 Å². The quantitative estimate of drug-likeness (QED) is 0.0919. The summed E-state index contributed by atoms with van der Waals surface area (Å²) in [5.74, 6) is 2.44. The van der Waals surface area contributed by atoms with Crippen LogP contribution in [-0.4, -0.2) is 63.9 Å². The number of aliphatic hydroxyl groups is 3. The Morgan fingerprint density at radius 2 is 1.81 bits per heavy atom. The largest absolute Gasteiger partial charge is 0.504 e. The minimum Gasteiger partial charge on any atom is -0.504 e. The van der Waals surface area contributed by atoms with Crippen LogP contribution in [0.5, 0.6) is 11.5 Å². The number of hydrogen-bond donors (Lipinski definition) is 7. The summed E-state index contributed by atoms with van der Waals surface area (Å²) in [4.78, 5) is 3.41. The molecule has 0 spiro atoms. The van der Waals surface area contributed by atoms with Crippen molar-refractivity contribution in [3.05, 3.63) is 70.4 Å². The van der Waals surface area contributed by atoms with E-state index in [1.807, 2.05) is 31.3 Å². The Morgan fingerprint density at radius 3 is 2.51 bits per heavy atom. The summed E-state index contributed by atoms with van der Waals surface area (Å²) < 4.78 is 12.2. The van der Waals surface area contributed by atoms with Gasteiger partial charge in [0.15, 0.2) is 11.5 Å². The zero-order valence-electron chi connectivity index (χ0n) is 26.4. The van der Waals surface area contributed by atoms with Gasteiger partial charge in [-0.05, 0) is 80.5 Å². The third kappa shape index (κ3) is 10.7. The van der Waals surface area contributed by atoms with E-state index in [1.165, 1.54) is 0 Å². The van der Waals surface area contributed by atoms with Crippen molar-refractivity contribution < 1.29 is 29.6 Å². The summed E-state index contributed by atoms with van der Waals surface area (Å²) in [7, 11) is 0. The summed E-state index contributed by atoms with van der Waals surface area (Å²) >= 11 is 0. The highest BCUT2D eigenvalue weighted by Gasteiger charge is 2.22. The summed E-state index contributed by atoms with van der Waals surface area (Å²) in [6.45, 7) is 9.81. The van der Waals surface area contributed by atoms with Gasteiger partial charge in [0.25, 0.3) is 0 Å². The van der Waals surface area contributed by atoms with Crippen LogP contribution in [-0.2, 0) is 25.9 Å². The molecule has 0 aliphatic heterocycles. The lowest BCUT2D eigenvalue weighted by Gasteiger charge is -2.25. The number of nitrogens with one attached hydrogen (secondary N) is 3. The molecule has 2 heterocycles. The van der Waals surface area contributed by atoms with E-state index in [2.05, 4.69) is 35.5 Å². The summed E-state index contributed by atoms with van der Waals surface area (Å²) in [6, 6.07) is 9.56. The summed E-state index contributed by atoms with van der Waals surface area (Å²) in [6.07, 6.45) is 7.43. The number of furan rings is 1. The average molecular weight is 600 g/mol. The first-order chi connectivity index (χ1) is 20.8. The molecule has 0 fully saturated rings. The number of phenols is 1. The van der Waals surface area contributed by atoms with Crippen LogP contribution in [0.25, 0.3) is 0 Å². The fraction of sp³-hybridized carbons (Fsp3) is 0.588. The number of likely N-dealkylation sites (N-methyl/N-ethyl adjacent to an activating group) is 1. The number of unbranched alkanes of at least 4 members (excludes halogenated alkanes) is 1. The molecule has 4 unspecified atom stereocenters. The third-order valence-corrected chi connectivity index (χ3v) is 8.00. The van der Waals surface area contributed by atoms with Crippen molar-refractivity contribution >= 4 is 0 Å². The van der Waals surface area contributed by atoms with Crippen molar-refractivity contribution in [2.45, 2.75) is 103 Å². The van der Waals surface area contributed by atoms with E-state index in [0.717, 1.165) is 72.6 Å². The predicted molar refractivity (Wildman–Crippen MR) is 170 cm³/mol. The number of benzene rings is 1. The Bertz CT molecular complexity index is 1210. The van der Waals surface area contributed by atoms with Crippen molar-refractivity contribution in [2.24, 2.45) is 0 Å². The van der Waals surface area contributed by atoms with Gasteiger partial charge in [0, 0.05) is 49.5 Å². The highest BCUT2D eigenvalue weighted by atomic mass is 16.5. The van der Waals surface area contributed by atoms with Crippen LogP contribution >= 0.6 is 0 Å². The van der Waals surface area contributed by atoms with Gasteiger partial charge < -0.3 is 45.2 Å². The molecule has 43 heavy (non-hydrogen) atoms. The van der Waals surface area contributed by atoms with Crippen molar-refractivity contribution in [1.82, 2.24) is 15.6 Å². The predicted octanol–water partition coefficient (Wildman–Crippen LogP) is 4.88. The molecule has 2 aromatic heterocycles. The second-order valence-electron chi connectivity index (χ2n) is 11.6. The van der Waals surface area contributed by atoms with Crippen LogP contribution in [0.15, 0.2) is 40.9 Å².